The highest BCUT2D eigenvalue weighted by molar-refractivity contribution is 6.03. The van der Waals surface area contributed by atoms with Gasteiger partial charge < -0.3 is 10.2 Å². The van der Waals surface area contributed by atoms with E-state index in [-0.39, 0.29) is 5.57 Å². The molecule has 134 valence electrons. The first-order valence-corrected chi connectivity index (χ1v) is 8.12. The van der Waals surface area contributed by atoms with Crippen molar-refractivity contribution in [2.24, 2.45) is 5.92 Å². The van der Waals surface area contributed by atoms with Crippen LogP contribution in [-0.2, 0) is 9.59 Å². The highest BCUT2D eigenvalue weighted by Crippen LogP contribution is 2.22. The molecule has 0 bridgehead atoms. The summed E-state index contributed by atoms with van der Waals surface area (Å²) in [6, 6.07) is 13.8. The second-order valence-electron chi connectivity index (χ2n) is 6.20. The van der Waals surface area contributed by atoms with E-state index in [2.05, 4.69) is 0 Å². The van der Waals surface area contributed by atoms with E-state index in [0.717, 1.165) is 11.1 Å². The van der Waals surface area contributed by atoms with Gasteiger partial charge in [0.05, 0.1) is 11.5 Å². The Balaban J connectivity index is 2.33. The van der Waals surface area contributed by atoms with Crippen molar-refractivity contribution in [3.05, 3.63) is 76.4 Å². The van der Waals surface area contributed by atoms with Crippen LogP contribution in [0.4, 0.5) is 0 Å². The Kier molecular flexibility index (Phi) is 6.07. The highest BCUT2D eigenvalue weighted by Gasteiger charge is 2.30. The first-order chi connectivity index (χ1) is 12.3. The van der Waals surface area contributed by atoms with Gasteiger partial charge in [0, 0.05) is 12.0 Å². The van der Waals surface area contributed by atoms with Gasteiger partial charge in [-0.15, -0.1) is 0 Å². The fourth-order valence-electron chi connectivity index (χ4n) is 2.53. The van der Waals surface area contributed by atoms with E-state index in [4.69, 9.17) is 0 Å². The lowest BCUT2D eigenvalue weighted by Crippen LogP contribution is -2.24. The number of Topliss-reactive ketones (excluding diaryl/α,β-unsaturated/α-hetero) is 1. The molecule has 0 aliphatic heterocycles. The van der Waals surface area contributed by atoms with Crippen LogP contribution in [0.15, 0.2) is 54.1 Å². The molecule has 0 spiro atoms. The molecule has 0 saturated carbocycles. The number of carbonyl (C=O) groups is 3. The fourth-order valence-corrected chi connectivity index (χ4v) is 2.53. The second kappa shape index (κ2) is 8.25. The Morgan fingerprint density at radius 2 is 1.38 bits per heavy atom. The Hall–Kier alpha value is -3.21. The molecule has 5 heteroatoms. The standard InChI is InChI=1S/C21H20O5/c1-13-3-7-15(8-4-13)11-17(20(23)24)18(21(25)26)12-19(22)16-9-5-14(2)6-10-16/h3-11,18H,12H2,1-2H3,(H,23,24)(H,25,26). The van der Waals surface area contributed by atoms with Gasteiger partial charge in [0.15, 0.2) is 5.78 Å². The number of carboxylic acids is 2. The number of aryl methyl sites for hydroxylation is 2. The van der Waals surface area contributed by atoms with Gasteiger partial charge in [0.1, 0.15) is 0 Å². The second-order valence-corrected chi connectivity index (χ2v) is 6.20. The van der Waals surface area contributed by atoms with E-state index in [1.807, 2.05) is 13.8 Å². The lowest BCUT2D eigenvalue weighted by molar-refractivity contribution is -0.143. The van der Waals surface area contributed by atoms with Crippen LogP contribution in [0, 0.1) is 19.8 Å². The van der Waals surface area contributed by atoms with Crippen LogP contribution in [0.25, 0.3) is 6.08 Å². The van der Waals surface area contributed by atoms with Gasteiger partial charge in [-0.05, 0) is 25.5 Å². The summed E-state index contributed by atoms with van der Waals surface area (Å²) < 4.78 is 0. The van der Waals surface area contributed by atoms with Crippen LogP contribution in [0.1, 0.15) is 33.5 Å². The number of hydrogen-bond acceptors (Lipinski definition) is 3. The quantitative estimate of drug-likeness (QED) is 0.585. The van der Waals surface area contributed by atoms with E-state index in [0.29, 0.717) is 11.1 Å². The maximum absolute atomic E-state index is 12.4. The summed E-state index contributed by atoms with van der Waals surface area (Å²) in [4.78, 5) is 35.7. The first-order valence-electron chi connectivity index (χ1n) is 8.12. The maximum atomic E-state index is 12.4. The molecule has 5 nitrogen and oxygen atoms in total. The van der Waals surface area contributed by atoms with Crippen molar-refractivity contribution < 1.29 is 24.6 Å². The summed E-state index contributed by atoms with van der Waals surface area (Å²) in [6.07, 6.45) is 0.894. The van der Waals surface area contributed by atoms with Crippen LogP contribution in [-0.4, -0.2) is 27.9 Å². The van der Waals surface area contributed by atoms with Crippen molar-refractivity contribution in [3.63, 3.8) is 0 Å². The zero-order chi connectivity index (χ0) is 19.3. The molecule has 1 unspecified atom stereocenters. The van der Waals surface area contributed by atoms with Crippen molar-refractivity contribution >= 4 is 23.8 Å². The molecule has 0 fully saturated rings. The van der Waals surface area contributed by atoms with Crippen LogP contribution in [0.3, 0.4) is 0 Å². The summed E-state index contributed by atoms with van der Waals surface area (Å²) in [5.74, 6) is -4.53. The molecule has 0 aliphatic rings. The number of ketones is 1. The Labute approximate surface area is 151 Å². The predicted octanol–water partition coefficient (Wildman–Crippen LogP) is 3.75. The minimum Gasteiger partial charge on any atom is -0.481 e. The number of hydrogen-bond donors (Lipinski definition) is 2. The van der Waals surface area contributed by atoms with Gasteiger partial charge in [-0.1, -0.05) is 59.7 Å². The van der Waals surface area contributed by atoms with Crippen molar-refractivity contribution in [2.45, 2.75) is 20.3 Å². The van der Waals surface area contributed by atoms with Gasteiger partial charge in [-0.25, -0.2) is 4.79 Å². The number of rotatable bonds is 7. The van der Waals surface area contributed by atoms with E-state index in [1.54, 1.807) is 48.5 Å². The largest absolute Gasteiger partial charge is 0.481 e. The monoisotopic (exact) mass is 352 g/mol. The first kappa shape index (κ1) is 19.1. The molecule has 0 radical (unpaired) electrons. The third-order valence-corrected chi connectivity index (χ3v) is 4.08. The van der Waals surface area contributed by atoms with Gasteiger partial charge in [0.2, 0.25) is 0 Å². The normalized spacial score (nSPS) is 12.5. The number of aliphatic carboxylic acids is 2. The third kappa shape index (κ3) is 4.89. The predicted molar refractivity (Wildman–Crippen MR) is 98.0 cm³/mol. The van der Waals surface area contributed by atoms with E-state index >= 15 is 0 Å². The molecule has 2 N–H and O–H groups in total. The molecule has 0 aromatic heterocycles. The molecule has 26 heavy (non-hydrogen) atoms. The fraction of sp³-hybridized carbons (Fsp3) is 0.190. The Morgan fingerprint density at radius 1 is 0.885 bits per heavy atom. The molecular weight excluding hydrogens is 332 g/mol. The third-order valence-electron chi connectivity index (χ3n) is 4.08. The molecule has 0 heterocycles. The van der Waals surface area contributed by atoms with E-state index < -0.39 is 30.1 Å². The minimum atomic E-state index is -1.43. The zero-order valence-electron chi connectivity index (χ0n) is 14.6. The molecule has 2 aromatic rings. The molecule has 0 amide bonds. The van der Waals surface area contributed by atoms with Gasteiger partial charge >= 0.3 is 11.9 Å². The molecule has 0 saturated heterocycles. The molecule has 1 atom stereocenters. The lowest BCUT2D eigenvalue weighted by atomic mass is 9.90. The van der Waals surface area contributed by atoms with Crippen molar-refractivity contribution in [1.29, 1.82) is 0 Å². The smallest absolute Gasteiger partial charge is 0.332 e. The average Bonchev–Trinajstić information content (AvgIpc) is 2.59. The van der Waals surface area contributed by atoms with Crippen LogP contribution in [0.2, 0.25) is 0 Å². The Morgan fingerprint density at radius 3 is 1.85 bits per heavy atom. The maximum Gasteiger partial charge on any atom is 0.332 e. The van der Waals surface area contributed by atoms with Crippen LogP contribution < -0.4 is 0 Å². The molecule has 2 rings (SSSR count). The average molecular weight is 352 g/mol. The number of benzene rings is 2. The summed E-state index contributed by atoms with van der Waals surface area (Å²) in [7, 11) is 0. The summed E-state index contributed by atoms with van der Waals surface area (Å²) in [6.45, 7) is 3.77. The molecule has 2 aromatic carbocycles. The SMILES string of the molecule is Cc1ccc(C=C(C(=O)O)C(CC(=O)c2ccc(C)cc2)C(=O)O)cc1. The Bertz CT molecular complexity index is 845. The van der Waals surface area contributed by atoms with E-state index in [9.17, 15) is 24.6 Å². The van der Waals surface area contributed by atoms with Crippen molar-refractivity contribution in [2.75, 3.05) is 0 Å². The van der Waals surface area contributed by atoms with Crippen molar-refractivity contribution in [1.82, 2.24) is 0 Å². The topological polar surface area (TPSA) is 91.7 Å². The summed E-state index contributed by atoms with van der Waals surface area (Å²) in [5, 5.41) is 19.0. The van der Waals surface area contributed by atoms with E-state index in [1.165, 1.54) is 6.08 Å². The summed E-state index contributed by atoms with van der Waals surface area (Å²) in [5.41, 5.74) is 2.59. The zero-order valence-corrected chi connectivity index (χ0v) is 14.6. The highest BCUT2D eigenvalue weighted by atomic mass is 16.4. The minimum absolute atomic E-state index is 0.318. The van der Waals surface area contributed by atoms with Gasteiger partial charge in [-0.2, -0.15) is 0 Å². The lowest BCUT2D eigenvalue weighted by Gasteiger charge is -2.13. The van der Waals surface area contributed by atoms with Crippen molar-refractivity contribution in [3.8, 4) is 0 Å². The molecule has 0 aliphatic carbocycles. The number of carbonyl (C=O) groups excluding carboxylic acids is 1. The van der Waals surface area contributed by atoms with Crippen LogP contribution >= 0.6 is 0 Å². The van der Waals surface area contributed by atoms with Crippen LogP contribution in [0.5, 0.6) is 0 Å². The molecular formula is C21H20O5. The number of carboxylic acid groups (broad SMARTS) is 2. The summed E-state index contributed by atoms with van der Waals surface area (Å²) >= 11 is 0. The van der Waals surface area contributed by atoms with Gasteiger partial charge in [-0.3, -0.25) is 9.59 Å². The van der Waals surface area contributed by atoms with Gasteiger partial charge in [0.25, 0.3) is 0 Å².